The smallest absolute Gasteiger partial charge is 0.156 e. The van der Waals surface area contributed by atoms with Gasteiger partial charge in [-0.2, -0.15) is 5.10 Å². The standard InChI is InChI=1S/C17H28N6O/c1-17(2,3)16-20-13(21-22-16)11-18-10-12-6-5-9-24-14(12)15-19-7-8-23(15)4/h7-8,12,14,18H,5-6,9-11H2,1-4H3,(H,20,21,22)/t12-,14+/m0/s1. The van der Waals surface area contributed by atoms with Gasteiger partial charge in [0.15, 0.2) is 5.82 Å². The quantitative estimate of drug-likeness (QED) is 0.876. The van der Waals surface area contributed by atoms with Crippen molar-refractivity contribution in [3.05, 3.63) is 29.9 Å². The maximum Gasteiger partial charge on any atom is 0.156 e. The number of hydrogen-bond acceptors (Lipinski definition) is 5. The predicted molar refractivity (Wildman–Crippen MR) is 91.4 cm³/mol. The summed E-state index contributed by atoms with van der Waals surface area (Å²) in [5.74, 6) is 3.16. The van der Waals surface area contributed by atoms with Gasteiger partial charge in [0, 0.05) is 43.9 Å². The van der Waals surface area contributed by atoms with Gasteiger partial charge in [0.1, 0.15) is 17.8 Å². The fourth-order valence-corrected chi connectivity index (χ4v) is 3.07. The number of nitrogens with one attached hydrogen (secondary N) is 2. The number of hydrogen-bond donors (Lipinski definition) is 2. The Morgan fingerprint density at radius 1 is 1.42 bits per heavy atom. The fourth-order valence-electron chi connectivity index (χ4n) is 3.07. The van der Waals surface area contributed by atoms with Crippen LogP contribution in [0.25, 0.3) is 0 Å². The first-order chi connectivity index (χ1) is 11.4. The zero-order chi connectivity index (χ0) is 17.2. The van der Waals surface area contributed by atoms with Crippen molar-refractivity contribution >= 4 is 0 Å². The van der Waals surface area contributed by atoms with E-state index in [1.807, 2.05) is 19.4 Å². The summed E-state index contributed by atoms with van der Waals surface area (Å²) >= 11 is 0. The molecule has 0 aliphatic carbocycles. The second kappa shape index (κ2) is 7.03. The first-order valence-electron chi connectivity index (χ1n) is 8.66. The van der Waals surface area contributed by atoms with Crippen molar-refractivity contribution in [1.29, 1.82) is 0 Å². The highest BCUT2D eigenvalue weighted by Crippen LogP contribution is 2.32. The molecule has 0 saturated carbocycles. The van der Waals surface area contributed by atoms with Crippen LogP contribution in [-0.4, -0.2) is 37.9 Å². The molecule has 0 radical (unpaired) electrons. The lowest BCUT2D eigenvalue weighted by Crippen LogP contribution is -2.33. The van der Waals surface area contributed by atoms with Crippen LogP contribution in [0.3, 0.4) is 0 Å². The van der Waals surface area contributed by atoms with E-state index in [0.29, 0.717) is 12.5 Å². The number of aromatic nitrogens is 5. The summed E-state index contributed by atoms with van der Waals surface area (Å²) in [7, 11) is 2.02. The molecule has 3 heterocycles. The first kappa shape index (κ1) is 17.1. The van der Waals surface area contributed by atoms with E-state index >= 15 is 0 Å². The summed E-state index contributed by atoms with van der Waals surface area (Å²) < 4.78 is 8.06. The zero-order valence-corrected chi connectivity index (χ0v) is 15.0. The normalized spacial score (nSPS) is 22.0. The van der Waals surface area contributed by atoms with E-state index in [1.165, 1.54) is 0 Å². The second-order valence-electron chi connectivity index (χ2n) is 7.58. The van der Waals surface area contributed by atoms with Crippen molar-refractivity contribution in [3.8, 4) is 0 Å². The Labute approximate surface area is 143 Å². The van der Waals surface area contributed by atoms with Crippen molar-refractivity contribution in [3.63, 3.8) is 0 Å². The van der Waals surface area contributed by atoms with Gasteiger partial charge in [0.2, 0.25) is 0 Å². The van der Waals surface area contributed by atoms with Gasteiger partial charge < -0.3 is 14.6 Å². The number of ether oxygens (including phenoxy) is 1. The molecule has 7 nitrogen and oxygen atoms in total. The molecule has 0 amide bonds. The van der Waals surface area contributed by atoms with Crippen LogP contribution in [0.1, 0.15) is 57.2 Å². The summed E-state index contributed by atoms with van der Waals surface area (Å²) in [6.45, 7) is 8.72. The number of aryl methyl sites for hydroxylation is 1. The van der Waals surface area contributed by atoms with Crippen molar-refractivity contribution in [1.82, 2.24) is 30.0 Å². The molecular formula is C17H28N6O. The van der Waals surface area contributed by atoms with Crippen molar-refractivity contribution in [2.24, 2.45) is 13.0 Å². The van der Waals surface area contributed by atoms with Crippen molar-refractivity contribution in [2.45, 2.75) is 51.7 Å². The highest BCUT2D eigenvalue weighted by molar-refractivity contribution is 5.02. The summed E-state index contributed by atoms with van der Waals surface area (Å²) in [6, 6.07) is 0. The molecule has 3 rings (SSSR count). The molecule has 1 fully saturated rings. The molecule has 132 valence electrons. The lowest BCUT2D eigenvalue weighted by Gasteiger charge is -2.31. The minimum absolute atomic E-state index is 0.0325. The summed E-state index contributed by atoms with van der Waals surface area (Å²) in [6.07, 6.45) is 6.12. The van der Waals surface area contributed by atoms with E-state index in [-0.39, 0.29) is 11.5 Å². The average Bonchev–Trinajstić information content (AvgIpc) is 3.16. The second-order valence-corrected chi connectivity index (χ2v) is 7.58. The van der Waals surface area contributed by atoms with Crippen LogP contribution in [0.15, 0.2) is 12.4 Å². The molecule has 1 aliphatic heterocycles. The summed E-state index contributed by atoms with van der Waals surface area (Å²) in [5, 5.41) is 10.8. The van der Waals surface area contributed by atoms with Crippen LogP contribution in [-0.2, 0) is 23.7 Å². The van der Waals surface area contributed by atoms with Crippen LogP contribution < -0.4 is 5.32 Å². The molecule has 24 heavy (non-hydrogen) atoms. The third kappa shape index (κ3) is 3.84. The van der Waals surface area contributed by atoms with Crippen molar-refractivity contribution in [2.75, 3.05) is 13.2 Å². The minimum Gasteiger partial charge on any atom is -0.370 e. The Morgan fingerprint density at radius 2 is 2.25 bits per heavy atom. The molecule has 0 unspecified atom stereocenters. The molecular weight excluding hydrogens is 304 g/mol. The first-order valence-corrected chi connectivity index (χ1v) is 8.66. The van der Waals surface area contributed by atoms with Crippen LogP contribution in [0.2, 0.25) is 0 Å². The SMILES string of the molecule is Cn1ccnc1[C@@H]1OCCC[C@H]1CNCc1nc(C(C)(C)C)n[nH]1. The molecule has 0 bridgehead atoms. The molecule has 1 saturated heterocycles. The predicted octanol–water partition coefficient (Wildman–Crippen LogP) is 2.09. The summed E-state index contributed by atoms with van der Waals surface area (Å²) in [4.78, 5) is 9.04. The van der Waals surface area contributed by atoms with Gasteiger partial charge in [-0.05, 0) is 12.8 Å². The number of aromatic amines is 1. The molecule has 2 atom stereocenters. The highest BCUT2D eigenvalue weighted by atomic mass is 16.5. The Kier molecular flexibility index (Phi) is 5.01. The third-order valence-electron chi connectivity index (χ3n) is 4.46. The lowest BCUT2D eigenvalue weighted by molar-refractivity contribution is -0.0344. The zero-order valence-electron chi connectivity index (χ0n) is 15.0. The lowest BCUT2D eigenvalue weighted by atomic mass is 9.93. The van der Waals surface area contributed by atoms with E-state index in [2.05, 4.69) is 50.8 Å². The Morgan fingerprint density at radius 3 is 2.92 bits per heavy atom. The Balaban J connectivity index is 1.57. The number of nitrogens with zero attached hydrogens (tertiary/aromatic N) is 4. The van der Waals surface area contributed by atoms with Crippen LogP contribution in [0.4, 0.5) is 0 Å². The molecule has 0 aromatic carbocycles. The van der Waals surface area contributed by atoms with E-state index in [0.717, 1.165) is 43.5 Å². The van der Waals surface area contributed by atoms with Crippen LogP contribution in [0.5, 0.6) is 0 Å². The van der Waals surface area contributed by atoms with E-state index in [9.17, 15) is 0 Å². The minimum atomic E-state index is -0.0325. The molecule has 2 aromatic heterocycles. The molecule has 7 heteroatoms. The average molecular weight is 332 g/mol. The monoisotopic (exact) mass is 332 g/mol. The van der Waals surface area contributed by atoms with Gasteiger partial charge in [-0.15, -0.1) is 0 Å². The third-order valence-corrected chi connectivity index (χ3v) is 4.46. The van der Waals surface area contributed by atoms with Gasteiger partial charge in [0.25, 0.3) is 0 Å². The number of H-pyrrole nitrogens is 1. The van der Waals surface area contributed by atoms with E-state index in [1.54, 1.807) is 0 Å². The van der Waals surface area contributed by atoms with Gasteiger partial charge in [-0.1, -0.05) is 20.8 Å². The topological polar surface area (TPSA) is 80.7 Å². The summed E-state index contributed by atoms with van der Waals surface area (Å²) in [5.41, 5.74) is -0.0325. The van der Waals surface area contributed by atoms with Gasteiger partial charge >= 0.3 is 0 Å². The van der Waals surface area contributed by atoms with Crippen molar-refractivity contribution < 1.29 is 4.74 Å². The van der Waals surface area contributed by atoms with E-state index < -0.39 is 0 Å². The largest absolute Gasteiger partial charge is 0.370 e. The molecule has 2 N–H and O–H groups in total. The highest BCUT2D eigenvalue weighted by Gasteiger charge is 2.30. The molecule has 1 aliphatic rings. The Hall–Kier alpha value is -1.73. The maximum absolute atomic E-state index is 6.01. The van der Waals surface area contributed by atoms with Gasteiger partial charge in [0.05, 0.1) is 6.54 Å². The Bertz CT molecular complexity index is 656. The van der Waals surface area contributed by atoms with Crippen LogP contribution >= 0.6 is 0 Å². The van der Waals surface area contributed by atoms with E-state index in [4.69, 9.17) is 4.74 Å². The van der Waals surface area contributed by atoms with Crippen LogP contribution in [0, 0.1) is 5.92 Å². The number of imidazole rings is 1. The fraction of sp³-hybridized carbons (Fsp3) is 0.706. The molecule has 0 spiro atoms. The molecule has 2 aromatic rings. The van der Waals surface area contributed by atoms with Gasteiger partial charge in [-0.3, -0.25) is 5.10 Å². The van der Waals surface area contributed by atoms with Gasteiger partial charge in [-0.25, -0.2) is 9.97 Å². The number of rotatable bonds is 5. The maximum atomic E-state index is 6.01.